The fourth-order valence-electron chi connectivity index (χ4n) is 2.26. The van der Waals surface area contributed by atoms with Crippen molar-refractivity contribution in [1.82, 2.24) is 0 Å². The van der Waals surface area contributed by atoms with Crippen molar-refractivity contribution < 1.29 is 4.79 Å². The lowest BCUT2D eigenvalue weighted by Gasteiger charge is -2.22. The van der Waals surface area contributed by atoms with E-state index >= 15 is 0 Å². The molecule has 1 aliphatic heterocycles. The van der Waals surface area contributed by atoms with E-state index in [1.165, 1.54) is 11.8 Å². The molecule has 6 heteroatoms. The summed E-state index contributed by atoms with van der Waals surface area (Å²) < 4.78 is 0. The van der Waals surface area contributed by atoms with Crippen LogP contribution in [0.1, 0.15) is 6.92 Å². The Kier molecular flexibility index (Phi) is 5.87. The van der Waals surface area contributed by atoms with E-state index in [1.807, 2.05) is 42.5 Å². The summed E-state index contributed by atoms with van der Waals surface area (Å²) in [4.78, 5) is 20.3. The summed E-state index contributed by atoms with van der Waals surface area (Å²) >= 11 is 9.13. The van der Waals surface area contributed by atoms with Gasteiger partial charge in [0.1, 0.15) is 0 Å². The molecule has 1 aliphatic rings. The van der Waals surface area contributed by atoms with Crippen molar-refractivity contribution in [2.75, 3.05) is 16.4 Å². The van der Waals surface area contributed by atoms with Gasteiger partial charge in [0.05, 0.1) is 17.5 Å². The molecule has 1 amide bonds. The van der Waals surface area contributed by atoms with Crippen LogP contribution in [0.15, 0.2) is 64.5 Å². The highest BCUT2D eigenvalue weighted by atomic mass is 35.5. The molecular formula is C18H17ClN2OS2. The molecule has 2 aromatic carbocycles. The number of carbonyl (C=O) groups is 1. The molecule has 0 saturated heterocycles. The minimum Gasteiger partial charge on any atom is -0.273 e. The Labute approximate surface area is 155 Å². The number of amidine groups is 1. The highest BCUT2D eigenvalue weighted by Gasteiger charge is 2.26. The molecule has 0 N–H and O–H groups in total. The third-order valence-electron chi connectivity index (χ3n) is 3.42. The van der Waals surface area contributed by atoms with Crippen molar-refractivity contribution in [1.29, 1.82) is 0 Å². The summed E-state index contributed by atoms with van der Waals surface area (Å²) in [6.07, 6.45) is 0. The zero-order chi connectivity index (χ0) is 16.9. The van der Waals surface area contributed by atoms with E-state index in [0.717, 1.165) is 21.5 Å². The van der Waals surface area contributed by atoms with E-state index in [0.29, 0.717) is 10.8 Å². The van der Waals surface area contributed by atoms with Crippen LogP contribution in [-0.4, -0.2) is 28.6 Å². The first-order valence-electron chi connectivity index (χ1n) is 7.60. The molecule has 2 aromatic rings. The zero-order valence-electron chi connectivity index (χ0n) is 13.2. The van der Waals surface area contributed by atoms with Crippen LogP contribution >= 0.6 is 35.1 Å². The highest BCUT2D eigenvalue weighted by molar-refractivity contribution is 8.14. The van der Waals surface area contributed by atoms with Gasteiger partial charge >= 0.3 is 0 Å². The molecule has 3 nitrogen and oxygen atoms in total. The number of benzene rings is 2. The van der Waals surface area contributed by atoms with Crippen LogP contribution in [0.5, 0.6) is 0 Å². The van der Waals surface area contributed by atoms with Crippen LogP contribution in [-0.2, 0) is 4.79 Å². The molecule has 0 aromatic heterocycles. The minimum absolute atomic E-state index is 0.0199. The van der Waals surface area contributed by atoms with Crippen LogP contribution in [0.25, 0.3) is 0 Å². The number of hydrogen-bond acceptors (Lipinski definition) is 4. The van der Waals surface area contributed by atoms with E-state index in [9.17, 15) is 4.79 Å². The molecule has 124 valence electrons. The summed E-state index contributed by atoms with van der Waals surface area (Å²) in [5, 5.41) is 1.42. The number of thioether (sulfide) groups is 2. The third kappa shape index (κ3) is 4.35. The predicted octanol–water partition coefficient (Wildman–Crippen LogP) is 4.96. The topological polar surface area (TPSA) is 32.7 Å². The predicted molar refractivity (Wildman–Crippen MR) is 105 cm³/mol. The van der Waals surface area contributed by atoms with Gasteiger partial charge in [-0.2, -0.15) is 0 Å². The lowest BCUT2D eigenvalue weighted by atomic mass is 10.3. The van der Waals surface area contributed by atoms with Crippen LogP contribution in [0.2, 0.25) is 5.02 Å². The molecule has 0 spiro atoms. The Hall–Kier alpha value is -1.43. The molecule has 0 aliphatic carbocycles. The average Bonchev–Trinajstić information content (AvgIpc) is 3.02. The van der Waals surface area contributed by atoms with Crippen LogP contribution < -0.4 is 4.90 Å². The number of anilines is 1. The Morgan fingerprint density at radius 2 is 1.96 bits per heavy atom. The first-order chi connectivity index (χ1) is 11.6. The SMILES string of the molecule is CC1CSC(N(C(=O)CSc2ccccc2)c2ccc(Cl)cc2)=N1. The number of amides is 1. The summed E-state index contributed by atoms with van der Waals surface area (Å²) in [7, 11) is 0. The molecule has 1 unspecified atom stereocenters. The van der Waals surface area contributed by atoms with E-state index in [1.54, 1.807) is 28.8 Å². The van der Waals surface area contributed by atoms with E-state index in [4.69, 9.17) is 11.6 Å². The lowest BCUT2D eigenvalue weighted by Crippen LogP contribution is -2.36. The molecule has 0 fully saturated rings. The molecule has 1 heterocycles. The Morgan fingerprint density at radius 1 is 1.25 bits per heavy atom. The standard InChI is InChI=1S/C18H17ClN2OS2/c1-13-11-24-18(20-13)21(15-9-7-14(19)8-10-15)17(22)12-23-16-5-3-2-4-6-16/h2-10,13H,11-12H2,1H3. The molecule has 0 radical (unpaired) electrons. The highest BCUT2D eigenvalue weighted by Crippen LogP contribution is 2.28. The fraction of sp³-hybridized carbons (Fsp3) is 0.222. The van der Waals surface area contributed by atoms with Crippen molar-refractivity contribution in [2.24, 2.45) is 4.99 Å². The maximum Gasteiger partial charge on any atom is 0.243 e. The van der Waals surface area contributed by atoms with E-state index in [2.05, 4.69) is 11.9 Å². The Morgan fingerprint density at radius 3 is 2.58 bits per heavy atom. The maximum atomic E-state index is 12.9. The first-order valence-corrected chi connectivity index (χ1v) is 9.95. The molecule has 1 atom stereocenters. The van der Waals surface area contributed by atoms with Crippen molar-refractivity contribution in [3.8, 4) is 0 Å². The van der Waals surface area contributed by atoms with Gasteiger partial charge < -0.3 is 0 Å². The maximum absolute atomic E-state index is 12.9. The van der Waals surface area contributed by atoms with Gasteiger partial charge in [0.2, 0.25) is 5.91 Å². The lowest BCUT2D eigenvalue weighted by molar-refractivity contribution is -0.115. The van der Waals surface area contributed by atoms with Crippen molar-refractivity contribution in [3.63, 3.8) is 0 Å². The van der Waals surface area contributed by atoms with Gasteiger partial charge in [-0.1, -0.05) is 41.6 Å². The smallest absolute Gasteiger partial charge is 0.243 e. The quantitative estimate of drug-likeness (QED) is 0.707. The zero-order valence-corrected chi connectivity index (χ0v) is 15.6. The van der Waals surface area contributed by atoms with E-state index < -0.39 is 0 Å². The summed E-state index contributed by atoms with van der Waals surface area (Å²) in [5.41, 5.74) is 0.804. The normalized spacial score (nSPS) is 16.8. The molecular weight excluding hydrogens is 360 g/mol. The molecule has 24 heavy (non-hydrogen) atoms. The Bertz CT molecular complexity index is 734. The molecule has 0 saturated carbocycles. The van der Waals surface area contributed by atoms with E-state index in [-0.39, 0.29) is 11.9 Å². The second kappa shape index (κ2) is 8.10. The molecule has 0 bridgehead atoms. The summed E-state index contributed by atoms with van der Waals surface area (Å²) in [5.74, 6) is 1.28. The van der Waals surface area contributed by atoms with Crippen LogP contribution in [0, 0.1) is 0 Å². The van der Waals surface area contributed by atoms with Gasteiger partial charge in [-0.3, -0.25) is 14.7 Å². The number of nitrogens with zero attached hydrogens (tertiary/aromatic N) is 2. The second-order valence-corrected chi connectivity index (χ2v) is 7.85. The Balaban J connectivity index is 1.80. The van der Waals surface area contributed by atoms with Crippen molar-refractivity contribution in [2.45, 2.75) is 17.9 Å². The van der Waals surface area contributed by atoms with Crippen LogP contribution in [0.3, 0.4) is 0 Å². The number of rotatable bonds is 4. The van der Waals surface area contributed by atoms with Gasteiger partial charge in [0.15, 0.2) is 5.17 Å². The van der Waals surface area contributed by atoms with Gasteiger partial charge in [0, 0.05) is 15.7 Å². The van der Waals surface area contributed by atoms with Gasteiger partial charge in [-0.25, -0.2) is 0 Å². The average molecular weight is 377 g/mol. The van der Waals surface area contributed by atoms with Crippen molar-refractivity contribution >= 4 is 51.9 Å². The van der Waals surface area contributed by atoms with Crippen molar-refractivity contribution in [3.05, 3.63) is 59.6 Å². The minimum atomic E-state index is 0.0199. The van der Waals surface area contributed by atoms with Gasteiger partial charge in [-0.15, -0.1) is 11.8 Å². The number of hydrogen-bond donors (Lipinski definition) is 0. The summed E-state index contributed by atoms with van der Waals surface area (Å²) in [6.45, 7) is 2.06. The third-order valence-corrected chi connectivity index (χ3v) is 5.86. The van der Waals surface area contributed by atoms with Gasteiger partial charge in [-0.05, 0) is 43.3 Å². The van der Waals surface area contributed by atoms with Crippen LogP contribution in [0.4, 0.5) is 5.69 Å². The summed E-state index contributed by atoms with van der Waals surface area (Å²) in [6, 6.07) is 17.5. The second-order valence-electron chi connectivity index (χ2n) is 5.38. The largest absolute Gasteiger partial charge is 0.273 e. The first kappa shape index (κ1) is 17.4. The number of aliphatic imine (C=N–C) groups is 1. The van der Waals surface area contributed by atoms with Gasteiger partial charge in [0.25, 0.3) is 0 Å². The molecule has 3 rings (SSSR count). The fourth-order valence-corrected chi connectivity index (χ4v) is 4.21. The monoisotopic (exact) mass is 376 g/mol. The number of carbonyl (C=O) groups excluding carboxylic acids is 1. The number of halogens is 1.